The Labute approximate surface area is 163 Å². The number of carbonyl (C=O) groups excluding carboxylic acids is 2. The van der Waals surface area contributed by atoms with Gasteiger partial charge in [0.2, 0.25) is 0 Å². The molecule has 0 spiro atoms. The van der Waals surface area contributed by atoms with Gasteiger partial charge < -0.3 is 10.1 Å². The van der Waals surface area contributed by atoms with Crippen molar-refractivity contribution in [1.29, 1.82) is 0 Å². The first kappa shape index (κ1) is 20.3. The van der Waals surface area contributed by atoms with E-state index in [1.165, 1.54) is 49.5 Å². The number of esters is 1. The summed E-state index contributed by atoms with van der Waals surface area (Å²) in [5.41, 5.74) is 0.501. The lowest BCUT2D eigenvalue weighted by atomic mass is 10.2. The van der Waals surface area contributed by atoms with Gasteiger partial charge in [-0.1, -0.05) is 23.2 Å². The van der Waals surface area contributed by atoms with Gasteiger partial charge in [0.05, 0.1) is 15.0 Å². The number of hydrogen-bond acceptors (Lipinski definition) is 6. The summed E-state index contributed by atoms with van der Waals surface area (Å²) in [5.74, 6) is -1.29. The Kier molecular flexibility index (Phi) is 6.86. The molecule has 0 fully saturated rings. The van der Waals surface area contributed by atoms with Gasteiger partial charge in [-0.3, -0.25) is 14.9 Å². The Balaban J connectivity index is 1.92. The molecule has 0 aliphatic heterocycles. The molecule has 8 nitrogen and oxygen atoms in total. The maximum absolute atomic E-state index is 12.1. The van der Waals surface area contributed by atoms with E-state index < -0.39 is 22.9 Å². The normalized spacial score (nSPS) is 11.8. The van der Waals surface area contributed by atoms with Crippen LogP contribution in [0.2, 0.25) is 10.0 Å². The van der Waals surface area contributed by atoms with Gasteiger partial charge in [-0.2, -0.15) is 0 Å². The number of nitrogens with one attached hydrogen (secondary N) is 1. The number of carbonyl (C=O) groups is 2. The summed E-state index contributed by atoms with van der Waals surface area (Å²) in [5, 5.41) is 13.5. The molecular weight excluding hydrogens is 397 g/mol. The van der Waals surface area contributed by atoms with Crippen LogP contribution in [0.1, 0.15) is 12.5 Å². The summed E-state index contributed by atoms with van der Waals surface area (Å²) < 4.78 is 4.99. The highest BCUT2D eigenvalue weighted by atomic mass is 35.5. The summed E-state index contributed by atoms with van der Waals surface area (Å²) in [6.45, 7) is 1.39. The number of amides is 1. The second kappa shape index (κ2) is 9.11. The molecule has 0 saturated carbocycles. The molecule has 2 aromatic rings. The number of nitro groups is 1. The van der Waals surface area contributed by atoms with Crippen molar-refractivity contribution >= 4 is 52.7 Å². The number of ether oxygens (including phenoxy) is 1. The zero-order chi connectivity index (χ0) is 20.0. The number of halogens is 2. The molecule has 1 atom stereocenters. The van der Waals surface area contributed by atoms with Crippen molar-refractivity contribution < 1.29 is 19.2 Å². The Bertz CT molecular complexity index is 900. The van der Waals surface area contributed by atoms with Crippen molar-refractivity contribution in [1.82, 2.24) is 4.98 Å². The van der Waals surface area contributed by atoms with Crippen LogP contribution in [0.25, 0.3) is 6.08 Å². The molecule has 27 heavy (non-hydrogen) atoms. The second-order valence-electron chi connectivity index (χ2n) is 5.23. The standard InChI is InChI=1S/C17H13Cl2N3O5/c1-10(17(24)21-16-14(19)8-12(18)9-20-16)27-15(23)7-4-11-2-5-13(6-3-11)22(25)26/h2-10H,1H3,(H,20,21,24)/b7-4+. The van der Waals surface area contributed by atoms with Crippen molar-refractivity contribution in [2.75, 3.05) is 5.32 Å². The molecule has 10 heteroatoms. The van der Waals surface area contributed by atoms with Crippen molar-refractivity contribution in [3.05, 3.63) is 68.3 Å². The molecule has 0 radical (unpaired) electrons. The van der Waals surface area contributed by atoms with Crippen LogP contribution in [0.4, 0.5) is 11.5 Å². The van der Waals surface area contributed by atoms with E-state index in [-0.39, 0.29) is 16.5 Å². The van der Waals surface area contributed by atoms with E-state index >= 15 is 0 Å². The van der Waals surface area contributed by atoms with Crippen molar-refractivity contribution in [3.63, 3.8) is 0 Å². The molecule has 1 aromatic heterocycles. The average molecular weight is 410 g/mol. The number of aromatic nitrogens is 1. The quantitative estimate of drug-likeness (QED) is 0.335. The molecule has 0 saturated heterocycles. The molecule has 0 aliphatic rings. The third kappa shape index (κ3) is 6.05. The molecule has 0 aliphatic carbocycles. The highest BCUT2D eigenvalue weighted by Crippen LogP contribution is 2.22. The van der Waals surface area contributed by atoms with Gasteiger partial charge in [0.25, 0.3) is 11.6 Å². The predicted octanol–water partition coefficient (Wildman–Crippen LogP) is 3.88. The molecule has 1 aromatic carbocycles. The van der Waals surface area contributed by atoms with E-state index in [9.17, 15) is 19.7 Å². The third-order valence-electron chi connectivity index (χ3n) is 3.23. The number of pyridine rings is 1. The van der Waals surface area contributed by atoms with Crippen molar-refractivity contribution in [3.8, 4) is 0 Å². The van der Waals surface area contributed by atoms with E-state index in [1.54, 1.807) is 0 Å². The lowest BCUT2D eigenvalue weighted by Gasteiger charge is -2.12. The Morgan fingerprint density at radius 3 is 2.56 bits per heavy atom. The van der Waals surface area contributed by atoms with E-state index in [0.717, 1.165) is 6.08 Å². The van der Waals surface area contributed by atoms with Gasteiger partial charge in [0.1, 0.15) is 0 Å². The minimum atomic E-state index is -1.10. The highest BCUT2D eigenvalue weighted by Gasteiger charge is 2.18. The monoisotopic (exact) mass is 409 g/mol. The average Bonchev–Trinajstić information content (AvgIpc) is 2.62. The molecule has 0 bridgehead atoms. The zero-order valence-electron chi connectivity index (χ0n) is 13.9. The SMILES string of the molecule is CC(OC(=O)/C=C/c1ccc([N+](=O)[O-])cc1)C(=O)Nc1ncc(Cl)cc1Cl. The topological polar surface area (TPSA) is 111 Å². The fourth-order valence-electron chi connectivity index (χ4n) is 1.86. The largest absolute Gasteiger partial charge is 0.449 e. The number of non-ortho nitro benzene ring substituents is 1. The van der Waals surface area contributed by atoms with Crippen molar-refractivity contribution in [2.24, 2.45) is 0 Å². The van der Waals surface area contributed by atoms with Crippen molar-refractivity contribution in [2.45, 2.75) is 13.0 Å². The number of nitrogens with zero attached hydrogens (tertiary/aromatic N) is 2. The fourth-order valence-corrected chi connectivity index (χ4v) is 2.29. The first-order valence-electron chi connectivity index (χ1n) is 7.51. The highest BCUT2D eigenvalue weighted by molar-refractivity contribution is 6.36. The van der Waals surface area contributed by atoms with E-state index in [2.05, 4.69) is 10.3 Å². The van der Waals surface area contributed by atoms with Gasteiger partial charge >= 0.3 is 5.97 Å². The molecule has 1 N–H and O–H groups in total. The molecular formula is C17H13Cl2N3O5. The maximum Gasteiger partial charge on any atom is 0.331 e. The first-order chi connectivity index (χ1) is 12.8. The van der Waals surface area contributed by atoms with Crippen LogP contribution in [-0.2, 0) is 14.3 Å². The van der Waals surface area contributed by atoms with Gasteiger partial charge in [0, 0.05) is 24.4 Å². The summed E-state index contributed by atoms with van der Waals surface area (Å²) in [6, 6.07) is 6.99. The summed E-state index contributed by atoms with van der Waals surface area (Å²) in [4.78, 5) is 37.8. The fraction of sp³-hybridized carbons (Fsp3) is 0.118. The molecule has 2 rings (SSSR count). The minimum Gasteiger partial charge on any atom is -0.449 e. The summed E-state index contributed by atoms with van der Waals surface area (Å²) >= 11 is 11.6. The Morgan fingerprint density at radius 2 is 1.96 bits per heavy atom. The number of anilines is 1. The number of rotatable bonds is 6. The maximum atomic E-state index is 12.1. The first-order valence-corrected chi connectivity index (χ1v) is 8.27. The Morgan fingerprint density at radius 1 is 1.30 bits per heavy atom. The van der Waals surface area contributed by atoms with E-state index in [4.69, 9.17) is 27.9 Å². The number of hydrogen-bond donors (Lipinski definition) is 1. The summed E-state index contributed by atoms with van der Waals surface area (Å²) in [7, 11) is 0. The lowest BCUT2D eigenvalue weighted by Crippen LogP contribution is -2.29. The number of benzene rings is 1. The van der Waals surface area contributed by atoms with Crippen LogP contribution < -0.4 is 5.32 Å². The van der Waals surface area contributed by atoms with E-state index in [0.29, 0.717) is 10.6 Å². The third-order valence-corrected chi connectivity index (χ3v) is 3.72. The smallest absolute Gasteiger partial charge is 0.331 e. The Hall–Kier alpha value is -2.97. The van der Waals surface area contributed by atoms with Gasteiger partial charge in [-0.05, 0) is 36.8 Å². The lowest BCUT2D eigenvalue weighted by molar-refractivity contribution is -0.384. The molecule has 1 unspecified atom stereocenters. The second-order valence-corrected chi connectivity index (χ2v) is 6.08. The number of nitro benzene ring substituents is 1. The summed E-state index contributed by atoms with van der Waals surface area (Å²) in [6.07, 6.45) is 2.73. The van der Waals surface area contributed by atoms with E-state index in [1.807, 2.05) is 0 Å². The van der Waals surface area contributed by atoms with Crippen LogP contribution in [0.3, 0.4) is 0 Å². The van der Waals surface area contributed by atoms with Gasteiger partial charge in [-0.15, -0.1) is 0 Å². The van der Waals surface area contributed by atoms with Crippen LogP contribution >= 0.6 is 23.2 Å². The van der Waals surface area contributed by atoms with Crippen LogP contribution in [0, 0.1) is 10.1 Å². The predicted molar refractivity (Wildman–Crippen MR) is 101 cm³/mol. The zero-order valence-corrected chi connectivity index (χ0v) is 15.4. The van der Waals surface area contributed by atoms with Crippen LogP contribution in [-0.4, -0.2) is 27.9 Å². The minimum absolute atomic E-state index is 0.0607. The van der Waals surface area contributed by atoms with Gasteiger partial charge in [-0.25, -0.2) is 9.78 Å². The van der Waals surface area contributed by atoms with Gasteiger partial charge in [0.15, 0.2) is 11.9 Å². The van der Waals surface area contributed by atoms with Crippen LogP contribution in [0.15, 0.2) is 42.6 Å². The molecule has 1 heterocycles. The molecule has 1 amide bonds. The molecule has 140 valence electrons. The van der Waals surface area contributed by atoms with Crippen LogP contribution in [0.5, 0.6) is 0 Å².